The van der Waals surface area contributed by atoms with Gasteiger partial charge in [-0.05, 0) is 18.9 Å². The fourth-order valence-corrected chi connectivity index (χ4v) is 2.68. The number of primary amides is 1. The highest BCUT2D eigenvalue weighted by Gasteiger charge is 2.20. The maximum absolute atomic E-state index is 11.7. The molecule has 1 atom stereocenters. The molecule has 0 aliphatic rings. The van der Waals surface area contributed by atoms with E-state index < -0.39 is 23.8 Å². The molecule has 7 heteroatoms. The lowest BCUT2D eigenvalue weighted by Crippen LogP contribution is -2.40. The quantitative estimate of drug-likeness (QED) is 0.765. The Hall–Kier alpha value is -1.89. The number of carbonyl (C=O) groups is 3. The first-order chi connectivity index (χ1) is 9.22. The molecule has 0 radical (unpaired) electrons. The Bertz CT molecular complexity index is 537. The maximum atomic E-state index is 11.7. The van der Waals surface area contributed by atoms with Gasteiger partial charge in [-0.1, -0.05) is 13.8 Å². The van der Waals surface area contributed by atoms with Crippen molar-refractivity contribution in [2.75, 3.05) is 5.32 Å². The Labute approximate surface area is 121 Å². The van der Waals surface area contributed by atoms with Crippen LogP contribution < -0.4 is 16.4 Å². The second-order valence-electron chi connectivity index (χ2n) is 4.82. The molecule has 6 nitrogen and oxygen atoms in total. The van der Waals surface area contributed by atoms with Crippen molar-refractivity contribution in [3.8, 4) is 0 Å². The Kier molecular flexibility index (Phi) is 5.26. The van der Waals surface area contributed by atoms with Crippen molar-refractivity contribution >= 4 is 34.1 Å². The second kappa shape index (κ2) is 6.51. The van der Waals surface area contributed by atoms with E-state index in [4.69, 9.17) is 5.73 Å². The number of rotatable bonds is 5. The number of hydrogen-bond acceptors (Lipinski definition) is 5. The Balaban J connectivity index is 2.93. The fourth-order valence-electron chi connectivity index (χ4n) is 1.53. The number of thiophene rings is 1. The predicted octanol–water partition coefficient (Wildman–Crippen LogP) is 1.43. The third kappa shape index (κ3) is 4.06. The fraction of sp³-hybridized carbons (Fsp3) is 0.462. The van der Waals surface area contributed by atoms with Crippen LogP contribution in [0.3, 0.4) is 0 Å². The van der Waals surface area contributed by atoms with Crippen LogP contribution in [0.2, 0.25) is 0 Å². The molecule has 1 aromatic rings. The van der Waals surface area contributed by atoms with Crippen LogP contribution in [0.25, 0.3) is 0 Å². The first-order valence-corrected chi connectivity index (χ1v) is 7.05. The molecule has 0 aliphatic carbocycles. The van der Waals surface area contributed by atoms with Gasteiger partial charge in [0, 0.05) is 11.8 Å². The molecule has 1 aromatic heterocycles. The molecule has 0 saturated heterocycles. The molecule has 3 amide bonds. The van der Waals surface area contributed by atoms with E-state index in [1.165, 1.54) is 18.3 Å². The number of imide groups is 1. The summed E-state index contributed by atoms with van der Waals surface area (Å²) in [4.78, 5) is 34.9. The minimum Gasteiger partial charge on any atom is -0.366 e. The lowest BCUT2D eigenvalue weighted by atomic mass is 10.1. The number of nitrogens with two attached hydrogens (primary N) is 1. The standard InChI is InChI=1S/C13H19N3O3S/c1-6(2)10-5-9(11(14)18)13(20-10)15-7(3)12(19)16-8(4)17/h5-7,15H,1-4H3,(H2,14,18)(H,16,17,19). The monoisotopic (exact) mass is 297 g/mol. The lowest BCUT2D eigenvalue weighted by Gasteiger charge is -2.13. The van der Waals surface area contributed by atoms with Crippen molar-refractivity contribution in [1.29, 1.82) is 0 Å². The van der Waals surface area contributed by atoms with E-state index in [0.29, 0.717) is 10.6 Å². The first kappa shape index (κ1) is 16.2. The summed E-state index contributed by atoms with van der Waals surface area (Å²) in [5.74, 6) is -1.16. The normalized spacial score (nSPS) is 12.1. The van der Waals surface area contributed by atoms with Gasteiger partial charge in [-0.25, -0.2) is 0 Å². The van der Waals surface area contributed by atoms with Crippen LogP contribution in [0.5, 0.6) is 0 Å². The third-order valence-electron chi connectivity index (χ3n) is 2.63. The Morgan fingerprint density at radius 1 is 1.25 bits per heavy atom. The van der Waals surface area contributed by atoms with Gasteiger partial charge in [0.15, 0.2) is 0 Å². The summed E-state index contributed by atoms with van der Waals surface area (Å²) in [6.45, 7) is 6.89. The van der Waals surface area contributed by atoms with E-state index in [0.717, 1.165) is 4.88 Å². The third-order valence-corrected chi connectivity index (χ3v) is 3.99. The minimum atomic E-state index is -0.643. The summed E-state index contributed by atoms with van der Waals surface area (Å²) in [5.41, 5.74) is 5.70. The molecular formula is C13H19N3O3S. The van der Waals surface area contributed by atoms with Gasteiger partial charge in [-0.2, -0.15) is 0 Å². The molecule has 0 saturated carbocycles. The van der Waals surface area contributed by atoms with Gasteiger partial charge in [0.05, 0.1) is 5.56 Å². The first-order valence-electron chi connectivity index (χ1n) is 6.23. The number of hydrogen-bond donors (Lipinski definition) is 3. The summed E-state index contributed by atoms with van der Waals surface area (Å²) in [6.07, 6.45) is 0. The second-order valence-corrected chi connectivity index (χ2v) is 5.91. The van der Waals surface area contributed by atoms with Crippen LogP contribution in [-0.4, -0.2) is 23.8 Å². The number of carbonyl (C=O) groups excluding carboxylic acids is 3. The van der Waals surface area contributed by atoms with Crippen molar-refractivity contribution in [3.63, 3.8) is 0 Å². The van der Waals surface area contributed by atoms with E-state index in [1.54, 1.807) is 13.0 Å². The van der Waals surface area contributed by atoms with E-state index in [1.807, 2.05) is 13.8 Å². The lowest BCUT2D eigenvalue weighted by molar-refractivity contribution is -0.129. The molecule has 0 aliphatic heterocycles. The van der Waals surface area contributed by atoms with Gasteiger partial charge in [0.1, 0.15) is 11.0 Å². The van der Waals surface area contributed by atoms with Crippen LogP contribution in [0.4, 0.5) is 5.00 Å². The molecule has 1 heterocycles. The number of amides is 3. The van der Waals surface area contributed by atoms with Gasteiger partial charge in [-0.15, -0.1) is 11.3 Å². The SMILES string of the molecule is CC(=O)NC(=O)C(C)Nc1sc(C(C)C)cc1C(N)=O. The van der Waals surface area contributed by atoms with Gasteiger partial charge >= 0.3 is 0 Å². The minimum absolute atomic E-state index is 0.259. The summed E-state index contributed by atoms with van der Waals surface area (Å²) < 4.78 is 0. The van der Waals surface area contributed by atoms with Crippen molar-refractivity contribution < 1.29 is 14.4 Å². The molecule has 1 rings (SSSR count). The molecule has 0 bridgehead atoms. The molecule has 0 aromatic carbocycles. The molecule has 0 fully saturated rings. The highest BCUT2D eigenvalue weighted by molar-refractivity contribution is 7.16. The molecular weight excluding hydrogens is 278 g/mol. The van der Waals surface area contributed by atoms with Gasteiger partial charge in [0.25, 0.3) is 5.91 Å². The van der Waals surface area contributed by atoms with E-state index in [9.17, 15) is 14.4 Å². The van der Waals surface area contributed by atoms with Crippen LogP contribution in [-0.2, 0) is 9.59 Å². The van der Waals surface area contributed by atoms with Crippen molar-refractivity contribution in [2.45, 2.75) is 39.7 Å². The van der Waals surface area contributed by atoms with Crippen molar-refractivity contribution in [2.24, 2.45) is 5.73 Å². The zero-order chi connectivity index (χ0) is 15.4. The highest BCUT2D eigenvalue weighted by atomic mass is 32.1. The van der Waals surface area contributed by atoms with Crippen molar-refractivity contribution in [1.82, 2.24) is 5.32 Å². The Morgan fingerprint density at radius 3 is 2.30 bits per heavy atom. The highest BCUT2D eigenvalue weighted by Crippen LogP contribution is 2.33. The summed E-state index contributed by atoms with van der Waals surface area (Å²) >= 11 is 1.38. The topological polar surface area (TPSA) is 101 Å². The van der Waals surface area contributed by atoms with E-state index in [2.05, 4.69) is 10.6 Å². The van der Waals surface area contributed by atoms with Crippen LogP contribution in [0, 0.1) is 0 Å². The molecule has 1 unspecified atom stereocenters. The zero-order valence-electron chi connectivity index (χ0n) is 11.9. The summed E-state index contributed by atoms with van der Waals surface area (Å²) in [6, 6.07) is 1.09. The largest absolute Gasteiger partial charge is 0.366 e. The summed E-state index contributed by atoms with van der Waals surface area (Å²) in [5, 5.41) is 5.66. The molecule has 0 spiro atoms. The zero-order valence-corrected chi connectivity index (χ0v) is 12.8. The van der Waals surface area contributed by atoms with Crippen LogP contribution >= 0.6 is 11.3 Å². The van der Waals surface area contributed by atoms with E-state index >= 15 is 0 Å². The average molecular weight is 297 g/mol. The smallest absolute Gasteiger partial charge is 0.251 e. The maximum Gasteiger partial charge on any atom is 0.251 e. The van der Waals surface area contributed by atoms with Gasteiger partial charge < -0.3 is 11.1 Å². The number of nitrogens with one attached hydrogen (secondary N) is 2. The van der Waals surface area contributed by atoms with Gasteiger partial charge in [0.2, 0.25) is 11.8 Å². The van der Waals surface area contributed by atoms with E-state index in [-0.39, 0.29) is 5.92 Å². The predicted molar refractivity (Wildman–Crippen MR) is 78.8 cm³/mol. The Morgan fingerprint density at radius 2 is 1.85 bits per heavy atom. The van der Waals surface area contributed by atoms with Crippen LogP contribution in [0.1, 0.15) is 48.8 Å². The van der Waals surface area contributed by atoms with Crippen LogP contribution in [0.15, 0.2) is 6.07 Å². The average Bonchev–Trinajstić information content (AvgIpc) is 2.72. The van der Waals surface area contributed by atoms with Gasteiger partial charge in [-0.3, -0.25) is 19.7 Å². The molecule has 4 N–H and O–H groups in total. The molecule has 110 valence electrons. The number of anilines is 1. The van der Waals surface area contributed by atoms with Crippen molar-refractivity contribution in [3.05, 3.63) is 16.5 Å². The molecule has 20 heavy (non-hydrogen) atoms. The summed E-state index contributed by atoms with van der Waals surface area (Å²) in [7, 11) is 0.